The van der Waals surface area contributed by atoms with Crippen LogP contribution in [0.4, 0.5) is 0 Å². The molecule has 1 N–H and O–H groups in total. The normalized spacial score (nSPS) is 22.3. The summed E-state index contributed by atoms with van der Waals surface area (Å²) in [6, 6.07) is 4.06. The molecule has 2 heterocycles. The van der Waals surface area contributed by atoms with Crippen LogP contribution >= 0.6 is 0 Å². The van der Waals surface area contributed by atoms with Gasteiger partial charge in [0.15, 0.2) is 0 Å². The van der Waals surface area contributed by atoms with Gasteiger partial charge >= 0.3 is 0 Å². The Balaban J connectivity index is 2.16. The Hall–Kier alpha value is -1.38. The fraction of sp³-hybridized carbons (Fsp3) is 0.333. The summed E-state index contributed by atoms with van der Waals surface area (Å²) >= 11 is 0. The minimum absolute atomic E-state index is 0.142. The van der Waals surface area contributed by atoms with Crippen molar-refractivity contribution in [2.45, 2.75) is 18.9 Å². The lowest BCUT2D eigenvalue weighted by Gasteiger charge is -2.08. The average Bonchev–Trinajstić information content (AvgIpc) is 2.54. The molecule has 2 rings (SSSR count). The molecule has 0 spiro atoms. The van der Waals surface area contributed by atoms with Gasteiger partial charge in [-0.15, -0.1) is 0 Å². The van der Waals surface area contributed by atoms with E-state index < -0.39 is 0 Å². The number of pyridine rings is 1. The Labute approximate surface area is 70.8 Å². The smallest absolute Gasteiger partial charge is 0.220 e. The van der Waals surface area contributed by atoms with Gasteiger partial charge in [-0.1, -0.05) is 6.07 Å². The van der Waals surface area contributed by atoms with E-state index in [4.69, 9.17) is 0 Å². The minimum Gasteiger partial charge on any atom is -0.349 e. The van der Waals surface area contributed by atoms with Gasteiger partial charge in [-0.2, -0.15) is 0 Å². The van der Waals surface area contributed by atoms with Crippen LogP contribution in [0.15, 0.2) is 24.5 Å². The number of nitrogens with one attached hydrogen (secondary N) is 1. The fourth-order valence-electron chi connectivity index (χ4n) is 1.45. The number of amides is 1. The van der Waals surface area contributed by atoms with E-state index in [1.165, 1.54) is 0 Å². The highest BCUT2D eigenvalue weighted by atomic mass is 16.2. The Morgan fingerprint density at radius 2 is 2.50 bits per heavy atom. The molecular weight excluding hydrogens is 154 g/mol. The van der Waals surface area contributed by atoms with E-state index in [1.807, 2.05) is 12.1 Å². The molecule has 1 aromatic rings. The second-order valence-corrected chi connectivity index (χ2v) is 2.95. The quantitative estimate of drug-likeness (QED) is 0.673. The van der Waals surface area contributed by atoms with Gasteiger partial charge in [0.2, 0.25) is 5.91 Å². The first-order valence-electron chi connectivity index (χ1n) is 4.05. The van der Waals surface area contributed by atoms with Crippen molar-refractivity contribution >= 4 is 5.91 Å². The number of rotatable bonds is 1. The maximum Gasteiger partial charge on any atom is 0.220 e. The second kappa shape index (κ2) is 2.93. The highest BCUT2D eigenvalue weighted by molar-refractivity contribution is 5.78. The van der Waals surface area contributed by atoms with Crippen LogP contribution in [0.1, 0.15) is 24.4 Å². The van der Waals surface area contributed by atoms with Crippen LogP contribution < -0.4 is 5.32 Å². The summed E-state index contributed by atoms with van der Waals surface area (Å²) in [4.78, 5) is 14.9. The lowest BCUT2D eigenvalue weighted by molar-refractivity contribution is -0.119. The van der Waals surface area contributed by atoms with Crippen LogP contribution in [0, 0.1) is 0 Å². The van der Waals surface area contributed by atoms with Crippen molar-refractivity contribution in [2.24, 2.45) is 0 Å². The molecule has 0 saturated carbocycles. The SMILES string of the molecule is O=C1CC[14C@@H](c2cccnc2)N1. The first-order chi connectivity index (χ1) is 5.86. The number of carbonyl (C=O) groups is 1. The Kier molecular flexibility index (Phi) is 1.78. The fourth-order valence-corrected chi connectivity index (χ4v) is 1.45. The molecule has 1 aliphatic heterocycles. The van der Waals surface area contributed by atoms with Crippen molar-refractivity contribution < 1.29 is 4.79 Å². The van der Waals surface area contributed by atoms with Crippen LogP contribution in [-0.4, -0.2) is 10.9 Å². The molecule has 1 saturated heterocycles. The second-order valence-electron chi connectivity index (χ2n) is 2.95. The highest BCUT2D eigenvalue weighted by Crippen LogP contribution is 2.22. The van der Waals surface area contributed by atoms with E-state index in [9.17, 15) is 4.79 Å². The molecule has 62 valence electrons. The van der Waals surface area contributed by atoms with E-state index in [1.54, 1.807) is 12.4 Å². The van der Waals surface area contributed by atoms with Gasteiger partial charge in [0.1, 0.15) is 0 Å². The molecule has 0 aromatic carbocycles. The molecule has 1 fully saturated rings. The summed E-state index contributed by atoms with van der Waals surface area (Å²) in [7, 11) is 0. The zero-order chi connectivity index (χ0) is 8.39. The van der Waals surface area contributed by atoms with E-state index in [0.29, 0.717) is 6.42 Å². The summed E-state index contributed by atoms with van der Waals surface area (Å²) in [5.74, 6) is 0.142. The van der Waals surface area contributed by atoms with Crippen LogP contribution in [-0.2, 0) is 4.79 Å². The molecule has 1 aliphatic rings. The molecule has 3 nitrogen and oxygen atoms in total. The van der Waals surface area contributed by atoms with E-state index in [0.717, 1.165) is 12.0 Å². The van der Waals surface area contributed by atoms with Crippen molar-refractivity contribution in [1.82, 2.24) is 10.3 Å². The highest BCUT2D eigenvalue weighted by Gasteiger charge is 2.21. The van der Waals surface area contributed by atoms with Gasteiger partial charge in [-0.3, -0.25) is 9.78 Å². The van der Waals surface area contributed by atoms with Crippen LogP contribution in [0.5, 0.6) is 0 Å². The zero-order valence-corrected chi connectivity index (χ0v) is 6.66. The molecular formula is C9H10N2O. The molecule has 3 heteroatoms. The summed E-state index contributed by atoms with van der Waals surface area (Å²) in [5, 5.41) is 2.89. The molecule has 0 unspecified atom stereocenters. The van der Waals surface area contributed by atoms with E-state index in [-0.39, 0.29) is 11.9 Å². The van der Waals surface area contributed by atoms with Crippen LogP contribution in [0.2, 0.25) is 0 Å². The monoisotopic (exact) mass is 164 g/mol. The number of carbonyl (C=O) groups excluding carboxylic acids is 1. The molecule has 0 radical (unpaired) electrons. The van der Waals surface area contributed by atoms with Crippen LogP contribution in [0.3, 0.4) is 0 Å². The van der Waals surface area contributed by atoms with Crippen molar-refractivity contribution in [2.75, 3.05) is 0 Å². The predicted molar refractivity (Wildman–Crippen MR) is 44.4 cm³/mol. The van der Waals surface area contributed by atoms with Gasteiger partial charge in [0.05, 0.1) is 6.04 Å². The molecule has 1 atom stereocenters. The van der Waals surface area contributed by atoms with Crippen molar-refractivity contribution in [3.05, 3.63) is 30.1 Å². The van der Waals surface area contributed by atoms with Crippen molar-refractivity contribution in [1.29, 1.82) is 0 Å². The first-order valence-corrected chi connectivity index (χ1v) is 4.05. The Bertz CT molecular complexity index is 284. The van der Waals surface area contributed by atoms with Crippen molar-refractivity contribution in [3.63, 3.8) is 0 Å². The largest absolute Gasteiger partial charge is 0.349 e. The van der Waals surface area contributed by atoms with E-state index >= 15 is 0 Å². The van der Waals surface area contributed by atoms with Crippen LogP contribution in [0.25, 0.3) is 0 Å². The maximum absolute atomic E-state index is 10.9. The van der Waals surface area contributed by atoms with Crippen molar-refractivity contribution in [3.8, 4) is 0 Å². The number of aromatic nitrogens is 1. The number of nitrogens with zero attached hydrogens (tertiary/aromatic N) is 1. The third-order valence-electron chi connectivity index (χ3n) is 2.08. The third kappa shape index (κ3) is 1.30. The lowest BCUT2D eigenvalue weighted by Crippen LogP contribution is -2.18. The molecule has 12 heavy (non-hydrogen) atoms. The van der Waals surface area contributed by atoms with Gasteiger partial charge in [0, 0.05) is 18.8 Å². The molecule has 0 aliphatic carbocycles. The summed E-state index contributed by atoms with van der Waals surface area (Å²) < 4.78 is 0. The summed E-state index contributed by atoms with van der Waals surface area (Å²) in [6.07, 6.45) is 5.07. The van der Waals surface area contributed by atoms with Gasteiger partial charge in [-0.05, 0) is 18.1 Å². The predicted octanol–water partition coefficient (Wildman–Crippen LogP) is 1.03. The maximum atomic E-state index is 10.9. The summed E-state index contributed by atoms with van der Waals surface area (Å²) in [5.41, 5.74) is 1.10. The number of hydrogen-bond acceptors (Lipinski definition) is 2. The number of hydrogen-bond donors (Lipinski definition) is 1. The first kappa shape index (κ1) is 7.28. The zero-order valence-electron chi connectivity index (χ0n) is 6.66. The Morgan fingerprint density at radius 3 is 3.08 bits per heavy atom. The minimum atomic E-state index is 0.142. The van der Waals surface area contributed by atoms with E-state index in [2.05, 4.69) is 10.3 Å². The molecule has 1 amide bonds. The van der Waals surface area contributed by atoms with Gasteiger partial charge in [0.25, 0.3) is 0 Å². The topological polar surface area (TPSA) is 42.0 Å². The Morgan fingerprint density at radius 1 is 1.58 bits per heavy atom. The molecule has 1 aromatic heterocycles. The standard InChI is InChI=1S/C9H10N2O/c12-9-4-3-8(11-9)7-2-1-5-10-6-7/h1-2,5-6,8H,3-4H2,(H,11,12)/t8-/m0/s1/i8+2. The van der Waals surface area contributed by atoms with Gasteiger partial charge < -0.3 is 5.32 Å². The third-order valence-corrected chi connectivity index (χ3v) is 2.08. The lowest BCUT2D eigenvalue weighted by atomic mass is 10.4. The summed E-state index contributed by atoms with van der Waals surface area (Å²) in [6.45, 7) is 0. The average molecular weight is 164 g/mol. The van der Waals surface area contributed by atoms with Gasteiger partial charge in [-0.25, -0.2) is 0 Å². The molecule has 0 bridgehead atoms.